The molecule has 2 rings (SSSR count). The second-order valence-corrected chi connectivity index (χ2v) is 5.91. The fraction of sp³-hybridized carbons (Fsp3) is 0.353. The Hall–Kier alpha value is -2.88. The van der Waals surface area contributed by atoms with Crippen LogP contribution in [0.25, 0.3) is 0 Å². The number of nitrogens with one attached hydrogen (secondary N) is 2. The van der Waals surface area contributed by atoms with Crippen LogP contribution < -0.4 is 10.6 Å². The summed E-state index contributed by atoms with van der Waals surface area (Å²) in [6.07, 6.45) is 0. The van der Waals surface area contributed by atoms with E-state index in [9.17, 15) is 9.18 Å². The average Bonchev–Trinajstić information content (AvgIpc) is 2.79. The first-order chi connectivity index (χ1) is 11.2. The highest BCUT2D eigenvalue weighted by molar-refractivity contribution is 6.01. The maximum atomic E-state index is 13.8. The van der Waals surface area contributed by atoms with Crippen LogP contribution in [0.4, 0.5) is 20.6 Å². The predicted octanol–water partition coefficient (Wildman–Crippen LogP) is 4.04. The van der Waals surface area contributed by atoms with Crippen LogP contribution in [0.2, 0.25) is 0 Å². The van der Waals surface area contributed by atoms with E-state index in [4.69, 9.17) is 5.26 Å². The van der Waals surface area contributed by atoms with Gasteiger partial charge in [0.1, 0.15) is 5.82 Å². The molecule has 0 radical (unpaired) electrons. The van der Waals surface area contributed by atoms with Crippen molar-refractivity contribution in [1.82, 2.24) is 9.78 Å². The van der Waals surface area contributed by atoms with Gasteiger partial charge in [-0.1, -0.05) is 0 Å². The number of carbonyl (C=O) groups is 1. The van der Waals surface area contributed by atoms with Crippen LogP contribution in [-0.4, -0.2) is 15.8 Å². The molecule has 0 aliphatic carbocycles. The number of hydrogen-bond acceptors (Lipinski definition) is 3. The van der Waals surface area contributed by atoms with E-state index in [1.807, 2.05) is 38.4 Å². The molecule has 7 heteroatoms. The van der Waals surface area contributed by atoms with Gasteiger partial charge in [0.05, 0.1) is 28.7 Å². The van der Waals surface area contributed by atoms with Crippen LogP contribution in [0.3, 0.4) is 0 Å². The Bertz CT molecular complexity index is 832. The molecule has 0 bridgehead atoms. The zero-order chi connectivity index (χ0) is 18.0. The lowest BCUT2D eigenvalue weighted by Gasteiger charge is -2.12. The molecule has 0 saturated heterocycles. The average molecular weight is 329 g/mol. The molecule has 0 unspecified atom stereocenters. The molecule has 24 heavy (non-hydrogen) atoms. The molecule has 2 amide bonds. The Balaban J connectivity index is 2.24. The lowest BCUT2D eigenvalue weighted by molar-refractivity contribution is 0.262. The Labute approximate surface area is 140 Å². The Morgan fingerprint density at radius 3 is 2.50 bits per heavy atom. The SMILES string of the molecule is Cc1nn(C(C)C)c(C)c1NC(=O)Nc1cc(C#N)cc(F)c1C. The number of halogens is 1. The highest BCUT2D eigenvalue weighted by atomic mass is 19.1. The van der Waals surface area contributed by atoms with Crippen LogP contribution in [0.5, 0.6) is 0 Å². The summed E-state index contributed by atoms with van der Waals surface area (Å²) >= 11 is 0. The monoisotopic (exact) mass is 329 g/mol. The number of hydrogen-bond donors (Lipinski definition) is 2. The third-order valence-corrected chi connectivity index (χ3v) is 3.77. The number of aryl methyl sites for hydroxylation is 1. The number of aromatic nitrogens is 2. The summed E-state index contributed by atoms with van der Waals surface area (Å²) in [6.45, 7) is 9.23. The van der Waals surface area contributed by atoms with Crippen molar-refractivity contribution in [2.75, 3.05) is 10.6 Å². The maximum Gasteiger partial charge on any atom is 0.323 e. The lowest BCUT2D eigenvalue weighted by atomic mass is 10.1. The van der Waals surface area contributed by atoms with Gasteiger partial charge in [0.15, 0.2) is 0 Å². The smallest absolute Gasteiger partial charge is 0.307 e. The van der Waals surface area contributed by atoms with E-state index in [0.29, 0.717) is 11.4 Å². The number of urea groups is 1. The summed E-state index contributed by atoms with van der Waals surface area (Å²) in [5.41, 5.74) is 2.84. The van der Waals surface area contributed by atoms with Crippen molar-refractivity contribution in [3.8, 4) is 6.07 Å². The molecule has 0 saturated carbocycles. The Morgan fingerprint density at radius 2 is 1.96 bits per heavy atom. The van der Waals surface area contributed by atoms with Crippen molar-refractivity contribution in [3.05, 3.63) is 40.5 Å². The van der Waals surface area contributed by atoms with E-state index in [2.05, 4.69) is 15.7 Å². The summed E-state index contributed by atoms with van der Waals surface area (Å²) < 4.78 is 15.6. The van der Waals surface area contributed by atoms with Crippen molar-refractivity contribution in [3.63, 3.8) is 0 Å². The molecule has 0 spiro atoms. The van der Waals surface area contributed by atoms with Crippen LogP contribution in [0.1, 0.15) is 42.4 Å². The van der Waals surface area contributed by atoms with E-state index in [-0.39, 0.29) is 22.9 Å². The van der Waals surface area contributed by atoms with Crippen molar-refractivity contribution >= 4 is 17.4 Å². The number of nitrogens with zero attached hydrogens (tertiary/aromatic N) is 3. The second kappa shape index (κ2) is 6.71. The first kappa shape index (κ1) is 17.5. The Kier molecular flexibility index (Phi) is 4.88. The lowest BCUT2D eigenvalue weighted by Crippen LogP contribution is -2.21. The zero-order valence-corrected chi connectivity index (χ0v) is 14.4. The van der Waals surface area contributed by atoms with Crippen LogP contribution in [0.15, 0.2) is 12.1 Å². The van der Waals surface area contributed by atoms with Gasteiger partial charge in [0.2, 0.25) is 0 Å². The van der Waals surface area contributed by atoms with E-state index >= 15 is 0 Å². The summed E-state index contributed by atoms with van der Waals surface area (Å²) in [6, 6.07) is 4.11. The number of nitriles is 1. The number of anilines is 2. The molecule has 2 aromatic rings. The topological polar surface area (TPSA) is 82.7 Å². The van der Waals surface area contributed by atoms with Crippen LogP contribution in [-0.2, 0) is 0 Å². The summed E-state index contributed by atoms with van der Waals surface area (Å²) in [5, 5.41) is 18.7. The number of rotatable bonds is 3. The number of benzene rings is 1. The molecule has 0 atom stereocenters. The van der Waals surface area contributed by atoms with Crippen molar-refractivity contribution in [1.29, 1.82) is 5.26 Å². The van der Waals surface area contributed by atoms with Gasteiger partial charge < -0.3 is 10.6 Å². The minimum atomic E-state index is -0.538. The fourth-order valence-corrected chi connectivity index (χ4v) is 2.49. The third-order valence-electron chi connectivity index (χ3n) is 3.77. The van der Waals surface area contributed by atoms with Crippen molar-refractivity contribution in [2.45, 2.75) is 40.7 Å². The van der Waals surface area contributed by atoms with Crippen LogP contribution >= 0.6 is 0 Å². The number of amides is 2. The molecular formula is C17H20FN5O. The third kappa shape index (κ3) is 3.38. The van der Waals surface area contributed by atoms with E-state index in [0.717, 1.165) is 11.8 Å². The minimum absolute atomic E-state index is 0.147. The molecule has 1 aromatic heterocycles. The molecule has 0 aliphatic heterocycles. The molecule has 126 valence electrons. The maximum absolute atomic E-state index is 13.8. The summed E-state index contributed by atoms with van der Waals surface area (Å²) in [4.78, 5) is 12.3. The van der Waals surface area contributed by atoms with Crippen LogP contribution in [0, 0.1) is 37.9 Å². The van der Waals surface area contributed by atoms with Gasteiger partial charge in [-0.25, -0.2) is 9.18 Å². The number of carbonyl (C=O) groups excluding carboxylic acids is 1. The molecule has 6 nitrogen and oxygen atoms in total. The van der Waals surface area contributed by atoms with Gasteiger partial charge in [-0.15, -0.1) is 0 Å². The highest BCUT2D eigenvalue weighted by Crippen LogP contribution is 2.24. The molecule has 2 N–H and O–H groups in total. The van der Waals surface area contributed by atoms with Gasteiger partial charge in [0, 0.05) is 17.3 Å². The summed E-state index contributed by atoms with van der Waals surface area (Å²) in [7, 11) is 0. The van der Waals surface area contributed by atoms with E-state index in [1.165, 1.54) is 6.07 Å². The highest BCUT2D eigenvalue weighted by Gasteiger charge is 2.17. The Morgan fingerprint density at radius 1 is 1.29 bits per heavy atom. The van der Waals surface area contributed by atoms with E-state index < -0.39 is 11.8 Å². The molecule has 1 aromatic carbocycles. The van der Waals surface area contributed by atoms with Gasteiger partial charge in [-0.3, -0.25) is 4.68 Å². The van der Waals surface area contributed by atoms with E-state index in [1.54, 1.807) is 6.92 Å². The van der Waals surface area contributed by atoms with Crippen molar-refractivity contribution < 1.29 is 9.18 Å². The molecule has 1 heterocycles. The second-order valence-electron chi connectivity index (χ2n) is 5.91. The summed E-state index contributed by atoms with van der Waals surface area (Å²) in [5.74, 6) is -0.538. The standard InChI is InChI=1S/C17H20FN5O/c1-9(2)23-12(5)16(11(4)22-23)21-17(24)20-15-7-13(8-19)6-14(18)10(15)3/h6-7,9H,1-5H3,(H2,20,21,24). The predicted molar refractivity (Wildman–Crippen MR) is 90.6 cm³/mol. The van der Waals surface area contributed by atoms with Crippen molar-refractivity contribution in [2.24, 2.45) is 0 Å². The normalized spacial score (nSPS) is 10.6. The largest absolute Gasteiger partial charge is 0.323 e. The van der Waals surface area contributed by atoms with Gasteiger partial charge in [0.25, 0.3) is 0 Å². The quantitative estimate of drug-likeness (QED) is 0.891. The molecule has 0 aliphatic rings. The minimum Gasteiger partial charge on any atom is -0.307 e. The van der Waals surface area contributed by atoms with Gasteiger partial charge in [-0.2, -0.15) is 10.4 Å². The first-order valence-electron chi connectivity index (χ1n) is 7.58. The zero-order valence-electron chi connectivity index (χ0n) is 14.4. The van der Waals surface area contributed by atoms with Gasteiger partial charge in [-0.05, 0) is 46.8 Å². The molecule has 0 fully saturated rings. The molecular weight excluding hydrogens is 309 g/mol. The first-order valence-corrected chi connectivity index (χ1v) is 7.58. The fourth-order valence-electron chi connectivity index (χ4n) is 2.49. The van der Waals surface area contributed by atoms with Gasteiger partial charge >= 0.3 is 6.03 Å².